The van der Waals surface area contributed by atoms with Gasteiger partial charge in [-0.2, -0.15) is 0 Å². The van der Waals surface area contributed by atoms with Crippen molar-refractivity contribution in [3.63, 3.8) is 0 Å². The molecule has 6 nitrogen and oxygen atoms in total. The number of aliphatic hydroxyl groups excluding tert-OH is 2. The molecule has 0 aliphatic rings. The Morgan fingerprint density at radius 2 is 2.07 bits per heavy atom. The van der Waals surface area contributed by atoms with Gasteiger partial charge in [0, 0.05) is 5.92 Å². The van der Waals surface area contributed by atoms with Gasteiger partial charge in [-0.25, -0.2) is 4.57 Å². The van der Waals surface area contributed by atoms with Crippen LogP contribution in [0.2, 0.25) is 0 Å². The second-order valence-electron chi connectivity index (χ2n) is 3.02. The van der Waals surface area contributed by atoms with Crippen LogP contribution in [-0.2, 0) is 9.09 Å². The van der Waals surface area contributed by atoms with Crippen molar-refractivity contribution in [1.29, 1.82) is 0 Å². The van der Waals surface area contributed by atoms with Crippen molar-refractivity contribution < 1.29 is 29.1 Å². The molecule has 0 aromatic heterocycles. The SMILES string of the molecule is C=C(CO)[C@@H](O)[C@H](C)COP(=O)(O)O. The van der Waals surface area contributed by atoms with E-state index in [1.165, 1.54) is 6.92 Å². The highest BCUT2D eigenvalue weighted by Gasteiger charge is 2.21. The third-order valence-electron chi connectivity index (χ3n) is 1.67. The lowest BCUT2D eigenvalue weighted by atomic mass is 10.00. The predicted molar refractivity (Wildman–Crippen MR) is 49.4 cm³/mol. The Labute approximate surface area is 82.1 Å². The van der Waals surface area contributed by atoms with Crippen LogP contribution in [0.4, 0.5) is 0 Å². The number of rotatable bonds is 6. The number of aliphatic hydroxyl groups is 2. The van der Waals surface area contributed by atoms with Gasteiger partial charge >= 0.3 is 7.82 Å². The Hall–Kier alpha value is -0.230. The van der Waals surface area contributed by atoms with Crippen molar-refractivity contribution in [1.82, 2.24) is 0 Å². The van der Waals surface area contributed by atoms with Crippen LogP contribution in [0.1, 0.15) is 6.92 Å². The third-order valence-corrected chi connectivity index (χ3v) is 2.15. The Kier molecular flexibility index (Phi) is 5.51. The van der Waals surface area contributed by atoms with E-state index in [9.17, 15) is 9.67 Å². The molecule has 0 saturated heterocycles. The van der Waals surface area contributed by atoms with Crippen LogP contribution in [0, 0.1) is 5.92 Å². The zero-order valence-corrected chi connectivity index (χ0v) is 8.72. The van der Waals surface area contributed by atoms with Crippen molar-refractivity contribution in [3.05, 3.63) is 12.2 Å². The van der Waals surface area contributed by atoms with E-state index in [0.717, 1.165) is 0 Å². The van der Waals surface area contributed by atoms with Crippen LogP contribution in [0.25, 0.3) is 0 Å². The molecule has 7 heteroatoms. The lowest BCUT2D eigenvalue weighted by Crippen LogP contribution is -2.25. The van der Waals surface area contributed by atoms with E-state index in [1.54, 1.807) is 0 Å². The molecule has 0 unspecified atom stereocenters. The summed E-state index contributed by atoms with van der Waals surface area (Å²) < 4.78 is 14.5. The summed E-state index contributed by atoms with van der Waals surface area (Å²) in [5.41, 5.74) is 0.187. The maximum atomic E-state index is 10.3. The van der Waals surface area contributed by atoms with E-state index in [0.29, 0.717) is 0 Å². The van der Waals surface area contributed by atoms with Gasteiger partial charge in [-0.05, 0) is 5.57 Å². The fourth-order valence-corrected chi connectivity index (χ4v) is 1.23. The van der Waals surface area contributed by atoms with Gasteiger partial charge in [-0.1, -0.05) is 13.5 Å². The lowest BCUT2D eigenvalue weighted by molar-refractivity contribution is 0.0875. The van der Waals surface area contributed by atoms with Crippen LogP contribution in [0.5, 0.6) is 0 Å². The van der Waals surface area contributed by atoms with Gasteiger partial charge in [0.15, 0.2) is 0 Å². The second-order valence-corrected chi connectivity index (χ2v) is 4.26. The zero-order chi connectivity index (χ0) is 11.4. The van der Waals surface area contributed by atoms with E-state index in [4.69, 9.17) is 14.9 Å². The van der Waals surface area contributed by atoms with Gasteiger partial charge in [-0.15, -0.1) is 0 Å². The van der Waals surface area contributed by atoms with Crippen LogP contribution < -0.4 is 0 Å². The molecule has 2 atom stereocenters. The molecule has 0 aromatic rings. The van der Waals surface area contributed by atoms with Gasteiger partial charge in [0.1, 0.15) is 0 Å². The summed E-state index contributed by atoms with van der Waals surface area (Å²) in [7, 11) is -4.50. The van der Waals surface area contributed by atoms with Crippen molar-refractivity contribution in [2.24, 2.45) is 5.92 Å². The Bertz CT molecular complexity index is 234. The summed E-state index contributed by atoms with van der Waals surface area (Å²) in [5.74, 6) is -0.540. The number of hydrogen-bond acceptors (Lipinski definition) is 4. The van der Waals surface area contributed by atoms with Crippen molar-refractivity contribution in [2.75, 3.05) is 13.2 Å². The Morgan fingerprint density at radius 3 is 2.43 bits per heavy atom. The fourth-order valence-electron chi connectivity index (χ4n) is 0.802. The van der Waals surface area contributed by atoms with Gasteiger partial charge in [0.25, 0.3) is 0 Å². The summed E-state index contributed by atoms with van der Waals surface area (Å²) >= 11 is 0. The molecule has 0 rings (SSSR count). The van der Waals surface area contributed by atoms with Crippen LogP contribution in [0.3, 0.4) is 0 Å². The highest BCUT2D eigenvalue weighted by molar-refractivity contribution is 7.46. The highest BCUT2D eigenvalue weighted by Crippen LogP contribution is 2.36. The first-order valence-electron chi connectivity index (χ1n) is 3.94. The predicted octanol–water partition coefficient (Wildman–Crippen LogP) is -0.359. The largest absolute Gasteiger partial charge is 0.469 e. The topological polar surface area (TPSA) is 107 Å². The molecular formula is C7H15O6P. The van der Waals surface area contributed by atoms with Crippen LogP contribution in [-0.4, -0.2) is 39.3 Å². The van der Waals surface area contributed by atoms with Crippen LogP contribution >= 0.6 is 7.82 Å². The van der Waals surface area contributed by atoms with Gasteiger partial charge in [0.05, 0.1) is 19.3 Å². The zero-order valence-electron chi connectivity index (χ0n) is 7.83. The molecule has 84 valence electrons. The molecule has 0 spiro atoms. The summed E-state index contributed by atoms with van der Waals surface area (Å²) in [6.07, 6.45) is -1.04. The molecule has 0 radical (unpaired) electrons. The molecular weight excluding hydrogens is 211 g/mol. The average Bonchev–Trinajstić information content (AvgIpc) is 2.10. The smallest absolute Gasteiger partial charge is 0.392 e. The van der Waals surface area contributed by atoms with Crippen molar-refractivity contribution in [3.8, 4) is 0 Å². The fraction of sp³-hybridized carbons (Fsp3) is 0.714. The third kappa shape index (κ3) is 5.49. The molecule has 0 aliphatic carbocycles. The first-order valence-corrected chi connectivity index (χ1v) is 5.47. The second kappa shape index (κ2) is 5.60. The van der Waals surface area contributed by atoms with Gasteiger partial charge in [-0.3, -0.25) is 4.52 Å². The maximum Gasteiger partial charge on any atom is 0.469 e. The van der Waals surface area contributed by atoms with E-state index in [-0.39, 0.29) is 18.8 Å². The maximum absolute atomic E-state index is 10.3. The minimum absolute atomic E-state index is 0.187. The van der Waals surface area contributed by atoms with E-state index >= 15 is 0 Å². The molecule has 0 aromatic carbocycles. The Morgan fingerprint density at radius 1 is 1.57 bits per heavy atom. The van der Waals surface area contributed by atoms with Gasteiger partial charge in [0.2, 0.25) is 0 Å². The first-order chi connectivity index (χ1) is 6.28. The van der Waals surface area contributed by atoms with Crippen LogP contribution in [0.15, 0.2) is 12.2 Å². The summed E-state index contributed by atoms with van der Waals surface area (Å²) in [4.78, 5) is 16.8. The molecule has 4 N–H and O–H groups in total. The summed E-state index contributed by atoms with van der Waals surface area (Å²) in [6, 6.07) is 0. The summed E-state index contributed by atoms with van der Waals surface area (Å²) in [5, 5.41) is 18.0. The number of hydrogen-bond donors (Lipinski definition) is 4. The normalized spacial score (nSPS) is 16.4. The summed E-state index contributed by atoms with van der Waals surface area (Å²) in [6.45, 7) is 4.24. The first kappa shape index (κ1) is 13.8. The molecule has 0 saturated carbocycles. The molecule has 0 bridgehead atoms. The lowest BCUT2D eigenvalue weighted by Gasteiger charge is -2.19. The van der Waals surface area contributed by atoms with E-state index in [1.807, 2.05) is 0 Å². The molecule has 0 heterocycles. The standard InChI is InChI=1S/C7H15O6P/c1-5(3-8)7(9)6(2)4-13-14(10,11)12/h6-9H,1,3-4H2,2H3,(H2,10,11,12)/t6-,7-/m1/s1. The monoisotopic (exact) mass is 226 g/mol. The van der Waals surface area contributed by atoms with Gasteiger partial charge < -0.3 is 20.0 Å². The molecule has 14 heavy (non-hydrogen) atoms. The van der Waals surface area contributed by atoms with E-state index in [2.05, 4.69) is 11.1 Å². The molecule has 0 aliphatic heterocycles. The van der Waals surface area contributed by atoms with Crippen molar-refractivity contribution in [2.45, 2.75) is 13.0 Å². The molecule has 0 fully saturated rings. The molecule has 0 amide bonds. The van der Waals surface area contributed by atoms with E-state index < -0.39 is 19.8 Å². The quantitative estimate of drug-likeness (QED) is 0.364. The average molecular weight is 226 g/mol. The minimum Gasteiger partial charge on any atom is -0.392 e. The minimum atomic E-state index is -4.50. The highest BCUT2D eigenvalue weighted by atomic mass is 31.2. The van der Waals surface area contributed by atoms with Crippen molar-refractivity contribution >= 4 is 7.82 Å². The Balaban J connectivity index is 4.02. The number of phosphoric ester groups is 1. The number of phosphoric acid groups is 1.